The molecular formula is C22H20N6OS. The van der Waals surface area contributed by atoms with Crippen molar-refractivity contribution in [1.29, 1.82) is 0 Å². The van der Waals surface area contributed by atoms with Crippen molar-refractivity contribution in [2.75, 3.05) is 10.6 Å². The number of rotatable bonds is 6. The quantitative estimate of drug-likeness (QED) is 0.489. The molecule has 1 aliphatic rings. The van der Waals surface area contributed by atoms with Crippen LogP contribution in [0.2, 0.25) is 0 Å². The summed E-state index contributed by atoms with van der Waals surface area (Å²) in [7, 11) is 0. The number of benzene rings is 1. The Morgan fingerprint density at radius 3 is 2.70 bits per heavy atom. The molecule has 0 radical (unpaired) electrons. The maximum absolute atomic E-state index is 13.0. The minimum atomic E-state index is -0.185. The number of anilines is 2. The number of pyridine rings is 1. The molecule has 1 saturated carbocycles. The minimum absolute atomic E-state index is 0.185. The van der Waals surface area contributed by atoms with Gasteiger partial charge in [0, 0.05) is 23.5 Å². The first-order chi connectivity index (χ1) is 14.7. The van der Waals surface area contributed by atoms with Crippen molar-refractivity contribution < 1.29 is 4.79 Å². The van der Waals surface area contributed by atoms with Crippen LogP contribution in [0.15, 0.2) is 48.8 Å². The van der Waals surface area contributed by atoms with Crippen LogP contribution in [0.1, 0.15) is 39.5 Å². The molecule has 2 N–H and O–H groups in total. The topological polar surface area (TPSA) is 92.7 Å². The number of aryl methyl sites for hydroxylation is 1. The fourth-order valence-corrected chi connectivity index (χ4v) is 4.14. The van der Waals surface area contributed by atoms with Gasteiger partial charge in [-0.1, -0.05) is 12.1 Å². The van der Waals surface area contributed by atoms with Gasteiger partial charge in [-0.15, -0.1) is 0 Å². The Morgan fingerprint density at radius 1 is 1.10 bits per heavy atom. The summed E-state index contributed by atoms with van der Waals surface area (Å²) in [5.41, 5.74) is 4.46. The van der Waals surface area contributed by atoms with Crippen LogP contribution in [0, 0.1) is 6.92 Å². The van der Waals surface area contributed by atoms with Crippen LogP contribution >= 0.6 is 11.5 Å². The third-order valence-corrected chi connectivity index (χ3v) is 5.89. The van der Waals surface area contributed by atoms with Crippen molar-refractivity contribution in [2.24, 2.45) is 0 Å². The molecule has 0 spiro atoms. The molecule has 4 aromatic rings. The van der Waals surface area contributed by atoms with E-state index in [2.05, 4.69) is 30.0 Å². The summed E-state index contributed by atoms with van der Waals surface area (Å²) in [6, 6.07) is 12.0. The van der Waals surface area contributed by atoms with Gasteiger partial charge >= 0.3 is 0 Å². The maximum Gasteiger partial charge on any atom is 0.258 e. The van der Waals surface area contributed by atoms with Gasteiger partial charge in [0.15, 0.2) is 0 Å². The molecule has 1 aromatic carbocycles. The van der Waals surface area contributed by atoms with Crippen LogP contribution in [0.25, 0.3) is 11.0 Å². The number of hydrogen-bond acceptors (Lipinski definition) is 7. The lowest BCUT2D eigenvalue weighted by Gasteiger charge is -2.08. The van der Waals surface area contributed by atoms with Crippen LogP contribution in [-0.2, 0) is 6.42 Å². The van der Waals surface area contributed by atoms with E-state index in [1.807, 2.05) is 43.3 Å². The van der Waals surface area contributed by atoms with Crippen LogP contribution < -0.4 is 10.6 Å². The van der Waals surface area contributed by atoms with Crippen molar-refractivity contribution in [3.05, 3.63) is 70.6 Å². The molecule has 7 nitrogen and oxygen atoms in total. The van der Waals surface area contributed by atoms with Crippen molar-refractivity contribution >= 4 is 40.0 Å². The zero-order valence-corrected chi connectivity index (χ0v) is 17.2. The van der Waals surface area contributed by atoms with E-state index in [0.29, 0.717) is 29.4 Å². The fourth-order valence-electron chi connectivity index (χ4n) is 3.26. The third kappa shape index (κ3) is 3.99. The molecule has 3 heterocycles. The lowest BCUT2D eigenvalue weighted by Crippen LogP contribution is -2.15. The number of hydrogen-bond donors (Lipinski definition) is 2. The highest BCUT2D eigenvalue weighted by atomic mass is 32.1. The molecule has 1 fully saturated rings. The highest BCUT2D eigenvalue weighted by Crippen LogP contribution is 2.25. The SMILES string of the molecule is Cc1nsc(Cc2cnc3ccccc3n2)c1C(=O)Nc1ccc(NC2CC2)nc1. The summed E-state index contributed by atoms with van der Waals surface area (Å²) >= 11 is 1.33. The fraction of sp³-hybridized carbons (Fsp3) is 0.227. The van der Waals surface area contributed by atoms with E-state index in [0.717, 1.165) is 27.4 Å². The lowest BCUT2D eigenvalue weighted by atomic mass is 10.1. The van der Waals surface area contributed by atoms with Crippen LogP contribution in [-0.4, -0.2) is 31.3 Å². The normalized spacial score (nSPS) is 13.4. The zero-order chi connectivity index (χ0) is 20.5. The monoisotopic (exact) mass is 416 g/mol. The molecule has 0 unspecified atom stereocenters. The average molecular weight is 417 g/mol. The van der Waals surface area contributed by atoms with Crippen LogP contribution in [0.4, 0.5) is 11.5 Å². The Morgan fingerprint density at radius 2 is 1.93 bits per heavy atom. The molecule has 30 heavy (non-hydrogen) atoms. The van der Waals surface area contributed by atoms with Crippen molar-refractivity contribution in [2.45, 2.75) is 32.2 Å². The van der Waals surface area contributed by atoms with Crippen LogP contribution in [0.5, 0.6) is 0 Å². The number of carbonyl (C=O) groups excluding carboxylic acids is 1. The number of aromatic nitrogens is 4. The van der Waals surface area contributed by atoms with Crippen molar-refractivity contribution in [1.82, 2.24) is 19.3 Å². The largest absolute Gasteiger partial charge is 0.367 e. The summed E-state index contributed by atoms with van der Waals surface area (Å²) in [5.74, 6) is 0.647. The van der Waals surface area contributed by atoms with Gasteiger partial charge in [0.05, 0.1) is 39.9 Å². The molecule has 150 valence electrons. The van der Waals surface area contributed by atoms with E-state index >= 15 is 0 Å². The maximum atomic E-state index is 13.0. The average Bonchev–Trinajstić information content (AvgIpc) is 3.50. The molecule has 5 rings (SSSR count). The summed E-state index contributed by atoms with van der Waals surface area (Å²) in [5, 5.41) is 6.28. The van der Waals surface area contributed by atoms with Gasteiger partial charge in [-0.05, 0) is 55.6 Å². The highest BCUT2D eigenvalue weighted by Gasteiger charge is 2.22. The predicted octanol–water partition coefficient (Wildman–Crippen LogP) is 4.21. The number of nitrogens with one attached hydrogen (secondary N) is 2. The molecule has 0 saturated heterocycles. The van der Waals surface area contributed by atoms with Gasteiger partial charge in [0.1, 0.15) is 5.82 Å². The van der Waals surface area contributed by atoms with Gasteiger partial charge in [-0.2, -0.15) is 4.37 Å². The minimum Gasteiger partial charge on any atom is -0.367 e. The first-order valence-corrected chi connectivity index (χ1v) is 10.6. The number of fused-ring (bicyclic) bond motifs is 1. The molecule has 1 amide bonds. The molecule has 1 aliphatic carbocycles. The highest BCUT2D eigenvalue weighted by molar-refractivity contribution is 7.06. The smallest absolute Gasteiger partial charge is 0.258 e. The van der Waals surface area contributed by atoms with Gasteiger partial charge in [0.25, 0.3) is 5.91 Å². The van der Waals surface area contributed by atoms with E-state index in [1.54, 1.807) is 12.4 Å². The number of carbonyl (C=O) groups is 1. The Kier molecular flexibility index (Phi) is 4.84. The van der Waals surface area contributed by atoms with E-state index in [9.17, 15) is 4.79 Å². The Bertz CT molecular complexity index is 1220. The van der Waals surface area contributed by atoms with Gasteiger partial charge in [0.2, 0.25) is 0 Å². The van der Waals surface area contributed by atoms with Gasteiger partial charge in [-0.25, -0.2) is 9.97 Å². The number of nitrogens with zero attached hydrogens (tertiary/aromatic N) is 4. The standard InChI is InChI=1S/C22H20N6OS/c1-13-21(22(29)27-15-8-9-20(24-11-15)26-14-6-7-14)19(30-28-13)10-16-12-23-17-4-2-3-5-18(17)25-16/h2-5,8-9,11-12,14H,6-7,10H2,1H3,(H,24,26)(H,27,29). The second-order valence-corrected chi connectivity index (χ2v) is 8.26. The Hall–Kier alpha value is -3.39. The Labute approximate surface area is 177 Å². The lowest BCUT2D eigenvalue weighted by molar-refractivity contribution is 0.102. The predicted molar refractivity (Wildman–Crippen MR) is 118 cm³/mol. The van der Waals surface area contributed by atoms with E-state index in [-0.39, 0.29) is 5.91 Å². The first kappa shape index (κ1) is 18.6. The van der Waals surface area contributed by atoms with Crippen LogP contribution in [0.3, 0.4) is 0 Å². The number of amides is 1. The second-order valence-electron chi connectivity index (χ2n) is 7.40. The molecular weight excluding hydrogens is 396 g/mol. The third-order valence-electron chi connectivity index (χ3n) is 4.95. The van der Waals surface area contributed by atoms with E-state index < -0.39 is 0 Å². The summed E-state index contributed by atoms with van der Waals surface area (Å²) in [6.07, 6.45) is 6.32. The van der Waals surface area contributed by atoms with Gasteiger partial charge in [-0.3, -0.25) is 9.78 Å². The molecule has 0 aliphatic heterocycles. The molecule has 0 atom stereocenters. The molecule has 0 bridgehead atoms. The summed E-state index contributed by atoms with van der Waals surface area (Å²) < 4.78 is 4.40. The second kappa shape index (κ2) is 7.79. The van der Waals surface area contributed by atoms with Crippen molar-refractivity contribution in [3.63, 3.8) is 0 Å². The molecule has 3 aromatic heterocycles. The Balaban J connectivity index is 1.34. The van der Waals surface area contributed by atoms with Crippen molar-refractivity contribution in [3.8, 4) is 0 Å². The number of para-hydroxylation sites is 2. The first-order valence-electron chi connectivity index (χ1n) is 9.85. The summed E-state index contributed by atoms with van der Waals surface area (Å²) in [6.45, 7) is 1.85. The summed E-state index contributed by atoms with van der Waals surface area (Å²) in [4.78, 5) is 27.4. The zero-order valence-electron chi connectivity index (χ0n) is 16.4. The molecule has 8 heteroatoms. The van der Waals surface area contributed by atoms with E-state index in [4.69, 9.17) is 0 Å². The van der Waals surface area contributed by atoms with E-state index in [1.165, 1.54) is 24.4 Å². The van der Waals surface area contributed by atoms with Gasteiger partial charge < -0.3 is 10.6 Å².